The molecule has 458 valence electrons. The normalized spacial score (nSPS) is 19.7. The van der Waals surface area contributed by atoms with E-state index in [1.807, 2.05) is 0 Å². The summed E-state index contributed by atoms with van der Waals surface area (Å²) < 4.78 is 0. The van der Waals surface area contributed by atoms with Crippen molar-refractivity contribution in [3.8, 4) is 33.4 Å². The predicted octanol–water partition coefficient (Wildman–Crippen LogP) is 22.1. The van der Waals surface area contributed by atoms with Crippen molar-refractivity contribution in [2.75, 3.05) is 9.80 Å². The summed E-state index contributed by atoms with van der Waals surface area (Å²) in [6.07, 6.45) is 5.95. The van der Waals surface area contributed by atoms with E-state index in [0.717, 1.165) is 17.8 Å². The van der Waals surface area contributed by atoms with Gasteiger partial charge in [0.25, 0.3) is 0 Å². The Labute approximate surface area is 541 Å². The summed E-state index contributed by atoms with van der Waals surface area (Å²) in [5.74, 6) is 0.315. The number of hydrogen-bond donors (Lipinski definition) is 0. The zero-order valence-electron chi connectivity index (χ0n) is 57.8. The second-order valence-electron chi connectivity index (χ2n) is 34.2. The van der Waals surface area contributed by atoms with Crippen LogP contribution in [0.1, 0.15) is 219 Å². The topological polar surface area (TPSA) is 6.48 Å². The summed E-state index contributed by atoms with van der Waals surface area (Å²) in [5.41, 5.74) is 33.5. The zero-order chi connectivity index (χ0) is 63.8. The lowest BCUT2D eigenvalue weighted by Gasteiger charge is -2.49. The third-order valence-corrected chi connectivity index (χ3v) is 23.0. The highest BCUT2D eigenvalue weighted by Gasteiger charge is 2.61. The minimum atomic E-state index is -0.249. The van der Waals surface area contributed by atoms with E-state index in [1.54, 1.807) is 16.6 Å². The Hall–Kier alpha value is -7.36. The van der Waals surface area contributed by atoms with Gasteiger partial charge in [-0.1, -0.05) is 271 Å². The molecule has 0 bridgehead atoms. The number of nitrogens with zero attached hydrogens (tertiary/aromatic N) is 2. The number of benzene rings is 9. The molecule has 2 heterocycles. The predicted molar refractivity (Wildman–Crippen MR) is 389 cm³/mol. The van der Waals surface area contributed by atoms with Crippen LogP contribution in [0.5, 0.6) is 0 Å². The lowest BCUT2D eigenvalue weighted by atomic mass is 9.33. The Kier molecular flexibility index (Phi) is 13.6. The molecule has 5 aliphatic rings. The van der Waals surface area contributed by atoms with Gasteiger partial charge in [0, 0.05) is 45.0 Å². The van der Waals surface area contributed by atoms with Gasteiger partial charge in [0.05, 0.1) is 5.69 Å². The summed E-state index contributed by atoms with van der Waals surface area (Å²) in [5, 5.41) is 0. The lowest BCUT2D eigenvalue weighted by molar-refractivity contribution is 0.0797. The zero-order valence-corrected chi connectivity index (χ0v) is 57.8. The highest BCUT2D eigenvalue weighted by atomic mass is 15.2. The van der Waals surface area contributed by atoms with Gasteiger partial charge in [-0.15, -0.1) is 0 Å². The van der Waals surface area contributed by atoms with E-state index >= 15 is 0 Å². The van der Waals surface area contributed by atoms with Crippen molar-refractivity contribution >= 4 is 57.2 Å². The molecule has 90 heavy (non-hydrogen) atoms. The lowest BCUT2D eigenvalue weighted by Crippen LogP contribution is -2.59. The number of rotatable bonds is 6. The van der Waals surface area contributed by atoms with Crippen LogP contribution in [-0.2, 0) is 44.3 Å². The maximum absolute atomic E-state index is 2.83. The molecule has 0 amide bonds. The van der Waals surface area contributed by atoms with Crippen LogP contribution in [0.15, 0.2) is 176 Å². The van der Waals surface area contributed by atoms with Gasteiger partial charge >= 0.3 is 0 Å². The molecule has 0 aromatic heterocycles. The Morgan fingerprint density at radius 1 is 0.422 bits per heavy atom. The number of hydrogen-bond acceptors (Lipinski definition) is 2. The van der Waals surface area contributed by atoms with Crippen LogP contribution in [-0.4, -0.2) is 6.71 Å². The Balaban J connectivity index is 1.20. The van der Waals surface area contributed by atoms with E-state index in [9.17, 15) is 0 Å². The Bertz CT molecular complexity index is 4220. The molecule has 0 N–H and O–H groups in total. The van der Waals surface area contributed by atoms with Crippen LogP contribution in [0, 0.1) is 5.41 Å². The van der Waals surface area contributed by atoms with Crippen molar-refractivity contribution < 1.29 is 0 Å². The fraction of sp³-hybridized carbons (Fsp3) is 0.379. The third-order valence-electron chi connectivity index (χ3n) is 23.0. The number of anilines is 6. The third kappa shape index (κ3) is 9.29. The van der Waals surface area contributed by atoms with Crippen LogP contribution >= 0.6 is 0 Å². The fourth-order valence-corrected chi connectivity index (χ4v) is 17.4. The van der Waals surface area contributed by atoms with Crippen molar-refractivity contribution in [1.82, 2.24) is 0 Å². The second kappa shape index (κ2) is 20.3. The Morgan fingerprint density at radius 2 is 0.922 bits per heavy atom. The van der Waals surface area contributed by atoms with E-state index in [0.29, 0.717) is 5.92 Å². The molecule has 9 aromatic rings. The van der Waals surface area contributed by atoms with Crippen molar-refractivity contribution in [3.05, 3.63) is 232 Å². The molecule has 0 saturated heterocycles. The Morgan fingerprint density at radius 3 is 1.46 bits per heavy atom. The van der Waals surface area contributed by atoms with Gasteiger partial charge in [0.2, 0.25) is 6.71 Å². The standard InChI is InChI=1S/C87H97BN2/c1-80(2,3)57-32-37-62(38-33-57)89(63-39-34-58(35-40-63)81(4,5)6)64-46-56-47-70-76-71(87(19)45-27-26-44-86(70,87)18)51-61(84(13,14)15)52-72(76)88-77(56)74(53-64)90(73-43-42-68-75(78(73)88)65-41-36-59(82(7,8)9)50-69(65)85(68,16)17)79-66(54-28-22-20-23-29-54)48-60(83(10,11)12)49-67(79)55-30-24-21-25-31-55/h20-25,28-43,46,48-53,70H,26-27,44-45,47H2,1-19H3. The van der Waals surface area contributed by atoms with Crippen LogP contribution in [0.3, 0.4) is 0 Å². The molecular weight excluding hydrogens is 1080 g/mol. The molecule has 2 aliphatic heterocycles. The maximum atomic E-state index is 2.83. The van der Waals surface area contributed by atoms with Gasteiger partial charge < -0.3 is 9.80 Å². The molecule has 2 nitrogen and oxygen atoms in total. The molecule has 3 atom stereocenters. The SMILES string of the molecule is CC(C)(C)c1ccc(N(c2ccc(C(C)(C)C)cc2)c2cc3c4c(c2)N(c2c(-c5ccccc5)cc(C(C)(C)C)cc2-c2ccccc2)c2ccc5c(c2B4c2cc(C(C)(C)C)cc4c2C(C3)C2(C)CCCCC42C)-c2ccc(C(C)(C)C)cc2C5(C)C)cc1. The van der Waals surface area contributed by atoms with Crippen molar-refractivity contribution in [2.45, 2.75) is 207 Å². The van der Waals surface area contributed by atoms with Gasteiger partial charge in [-0.25, -0.2) is 0 Å². The number of fused-ring (bicyclic) bond motifs is 10. The molecule has 0 spiro atoms. The first-order chi connectivity index (χ1) is 42.3. The quantitative estimate of drug-likeness (QED) is 0.153. The van der Waals surface area contributed by atoms with E-state index < -0.39 is 0 Å². The molecule has 3 heteroatoms. The minimum Gasteiger partial charge on any atom is -0.310 e. The molecule has 14 rings (SSSR count). The molecule has 9 aromatic carbocycles. The van der Waals surface area contributed by atoms with Gasteiger partial charge in [0.15, 0.2) is 0 Å². The average Bonchev–Trinajstić information content (AvgIpc) is 1.45. The van der Waals surface area contributed by atoms with Crippen LogP contribution < -0.4 is 26.2 Å². The first-order valence-electron chi connectivity index (χ1n) is 34.1. The summed E-state index contributed by atoms with van der Waals surface area (Å²) >= 11 is 0. The summed E-state index contributed by atoms with van der Waals surface area (Å²) in [6, 6.07) is 70.6. The van der Waals surface area contributed by atoms with Crippen LogP contribution in [0.4, 0.5) is 34.1 Å². The molecule has 1 fully saturated rings. The van der Waals surface area contributed by atoms with E-state index in [4.69, 9.17) is 0 Å². The van der Waals surface area contributed by atoms with Gasteiger partial charge in [-0.05, 0) is 206 Å². The fourth-order valence-electron chi connectivity index (χ4n) is 17.4. The first kappa shape index (κ1) is 60.2. The summed E-state index contributed by atoms with van der Waals surface area (Å²) in [6.45, 7) is 46.1. The average molecular weight is 1180 g/mol. The van der Waals surface area contributed by atoms with Crippen LogP contribution in [0.25, 0.3) is 33.4 Å². The molecule has 1 saturated carbocycles. The van der Waals surface area contributed by atoms with Crippen LogP contribution in [0.2, 0.25) is 0 Å². The molecule has 3 aliphatic carbocycles. The van der Waals surface area contributed by atoms with Gasteiger partial charge in [-0.2, -0.15) is 0 Å². The maximum Gasteiger partial charge on any atom is 0.248 e. The van der Waals surface area contributed by atoms with E-state index in [1.165, 1.54) is 137 Å². The molecular formula is C87H97BN2. The summed E-state index contributed by atoms with van der Waals surface area (Å²) in [4.78, 5) is 5.43. The van der Waals surface area contributed by atoms with E-state index in [-0.39, 0.29) is 50.0 Å². The van der Waals surface area contributed by atoms with Gasteiger partial charge in [-0.3, -0.25) is 0 Å². The largest absolute Gasteiger partial charge is 0.310 e. The first-order valence-corrected chi connectivity index (χ1v) is 34.1. The molecule has 3 unspecified atom stereocenters. The van der Waals surface area contributed by atoms with Crippen molar-refractivity contribution in [3.63, 3.8) is 0 Å². The van der Waals surface area contributed by atoms with Crippen molar-refractivity contribution in [1.29, 1.82) is 0 Å². The highest BCUT2D eigenvalue weighted by molar-refractivity contribution is 6.99. The highest BCUT2D eigenvalue weighted by Crippen LogP contribution is 2.67. The monoisotopic (exact) mass is 1180 g/mol. The smallest absolute Gasteiger partial charge is 0.248 e. The van der Waals surface area contributed by atoms with Crippen molar-refractivity contribution in [2.24, 2.45) is 5.41 Å². The molecule has 0 radical (unpaired) electrons. The summed E-state index contributed by atoms with van der Waals surface area (Å²) in [7, 11) is 0. The minimum absolute atomic E-state index is 0.000825. The van der Waals surface area contributed by atoms with E-state index in [2.05, 4.69) is 317 Å². The second-order valence-corrected chi connectivity index (χ2v) is 34.2. The van der Waals surface area contributed by atoms with Gasteiger partial charge in [0.1, 0.15) is 0 Å².